The summed E-state index contributed by atoms with van der Waals surface area (Å²) in [4.78, 5) is 8.94. The van der Waals surface area contributed by atoms with E-state index in [0.717, 1.165) is 48.2 Å². The molecule has 148 valence electrons. The smallest absolute Gasteiger partial charge is 0.195 e. The Balaban J connectivity index is 0.00000261. The van der Waals surface area contributed by atoms with E-state index in [-0.39, 0.29) is 24.0 Å². The first-order valence-electron chi connectivity index (χ1n) is 8.97. The lowest BCUT2D eigenvalue weighted by molar-refractivity contribution is 0.297. The van der Waals surface area contributed by atoms with Gasteiger partial charge >= 0.3 is 0 Å². The van der Waals surface area contributed by atoms with Crippen LogP contribution in [-0.4, -0.2) is 37.7 Å². The van der Waals surface area contributed by atoms with E-state index < -0.39 is 0 Å². The number of thiazole rings is 1. The van der Waals surface area contributed by atoms with E-state index in [1.165, 1.54) is 5.01 Å². The minimum atomic E-state index is 0. The molecule has 8 heteroatoms. The molecule has 1 aromatic carbocycles. The van der Waals surface area contributed by atoms with Crippen molar-refractivity contribution in [3.05, 3.63) is 34.3 Å². The van der Waals surface area contributed by atoms with Crippen LogP contribution in [0.1, 0.15) is 36.9 Å². The number of anilines is 1. The normalized spacial score (nSPS) is 13.7. The fourth-order valence-electron chi connectivity index (χ4n) is 2.57. The molecule has 1 aromatic heterocycles. The molecule has 6 nitrogen and oxygen atoms in total. The highest BCUT2D eigenvalue weighted by Crippen LogP contribution is 2.32. The van der Waals surface area contributed by atoms with Crippen molar-refractivity contribution in [1.29, 1.82) is 0 Å². The molecule has 2 aromatic rings. The molecular weight excluding hydrogens is 475 g/mol. The highest BCUT2D eigenvalue weighted by Gasteiger charge is 2.11. The van der Waals surface area contributed by atoms with Gasteiger partial charge in [-0.1, -0.05) is 13.8 Å². The predicted molar refractivity (Wildman–Crippen MR) is 122 cm³/mol. The second kappa shape index (κ2) is 10.7. The topological polar surface area (TPSA) is 67.8 Å². The van der Waals surface area contributed by atoms with Crippen molar-refractivity contribution in [2.45, 2.75) is 32.6 Å². The van der Waals surface area contributed by atoms with Crippen LogP contribution >= 0.6 is 35.3 Å². The third-order valence-electron chi connectivity index (χ3n) is 3.97. The zero-order valence-corrected chi connectivity index (χ0v) is 19.1. The number of ether oxygens (including phenoxy) is 2. The molecule has 0 aliphatic carbocycles. The Bertz CT molecular complexity index is 764. The lowest BCUT2D eigenvalue weighted by Gasteiger charge is -2.13. The van der Waals surface area contributed by atoms with Crippen molar-refractivity contribution in [1.82, 2.24) is 10.3 Å². The number of halogens is 1. The Morgan fingerprint density at radius 3 is 2.74 bits per heavy atom. The van der Waals surface area contributed by atoms with Crippen LogP contribution in [0.5, 0.6) is 11.5 Å². The zero-order chi connectivity index (χ0) is 18.4. The van der Waals surface area contributed by atoms with Crippen LogP contribution in [0, 0.1) is 0 Å². The first-order chi connectivity index (χ1) is 12.7. The second-order valence-electron chi connectivity index (χ2n) is 6.42. The first-order valence-corrected chi connectivity index (χ1v) is 9.85. The van der Waals surface area contributed by atoms with Gasteiger partial charge in [-0.05, 0) is 12.1 Å². The van der Waals surface area contributed by atoms with Gasteiger partial charge in [0.1, 0.15) is 0 Å². The molecule has 0 bridgehead atoms. The van der Waals surface area contributed by atoms with E-state index in [4.69, 9.17) is 9.47 Å². The van der Waals surface area contributed by atoms with Crippen molar-refractivity contribution < 1.29 is 9.47 Å². The number of nitrogens with zero attached hydrogens (tertiary/aromatic N) is 2. The molecule has 0 saturated heterocycles. The quantitative estimate of drug-likeness (QED) is 0.363. The molecule has 0 atom stereocenters. The maximum absolute atomic E-state index is 5.73. The lowest BCUT2D eigenvalue weighted by Crippen LogP contribution is -2.32. The van der Waals surface area contributed by atoms with Crippen molar-refractivity contribution in [3.8, 4) is 11.5 Å². The third-order valence-corrected chi connectivity index (χ3v) is 5.16. The summed E-state index contributed by atoms with van der Waals surface area (Å²) in [5, 5.41) is 9.95. The average Bonchev–Trinajstić information content (AvgIpc) is 2.99. The first kappa shape index (κ1) is 21.7. The van der Waals surface area contributed by atoms with Gasteiger partial charge in [0.2, 0.25) is 0 Å². The van der Waals surface area contributed by atoms with Gasteiger partial charge in [-0.25, -0.2) is 4.98 Å². The summed E-state index contributed by atoms with van der Waals surface area (Å²) >= 11 is 1.73. The molecule has 0 unspecified atom stereocenters. The van der Waals surface area contributed by atoms with Gasteiger partial charge in [0.15, 0.2) is 17.5 Å². The van der Waals surface area contributed by atoms with E-state index in [1.807, 2.05) is 18.2 Å². The number of fused-ring (bicyclic) bond motifs is 1. The summed E-state index contributed by atoms with van der Waals surface area (Å²) in [6, 6.07) is 5.84. The van der Waals surface area contributed by atoms with Gasteiger partial charge in [0.25, 0.3) is 0 Å². The summed E-state index contributed by atoms with van der Waals surface area (Å²) in [6.45, 7) is 6.48. The van der Waals surface area contributed by atoms with Crippen molar-refractivity contribution in [3.63, 3.8) is 0 Å². The van der Waals surface area contributed by atoms with Gasteiger partial charge < -0.3 is 20.1 Å². The standard InChI is InChI=1S/C19H26N4O2S.HI/c1-13(2)18-22-15(12-26-18)7-8-21-19(20-3)23-14-5-6-16-17(11-14)25-10-4-9-24-16;/h5-6,11-13H,4,7-10H2,1-3H3,(H2,20,21,23);1H. The Morgan fingerprint density at radius 1 is 1.26 bits per heavy atom. The van der Waals surface area contributed by atoms with Crippen LogP contribution < -0.4 is 20.1 Å². The molecule has 0 radical (unpaired) electrons. The number of benzene rings is 1. The minimum absolute atomic E-state index is 0. The molecule has 0 saturated carbocycles. The maximum Gasteiger partial charge on any atom is 0.195 e. The van der Waals surface area contributed by atoms with Gasteiger partial charge in [0.05, 0.1) is 23.9 Å². The van der Waals surface area contributed by atoms with Crippen molar-refractivity contribution in [2.75, 3.05) is 32.1 Å². The maximum atomic E-state index is 5.73. The molecule has 2 N–H and O–H groups in total. The second-order valence-corrected chi connectivity index (χ2v) is 7.31. The van der Waals surface area contributed by atoms with E-state index in [1.54, 1.807) is 18.4 Å². The van der Waals surface area contributed by atoms with Gasteiger partial charge in [-0.15, -0.1) is 35.3 Å². The van der Waals surface area contributed by atoms with Gasteiger partial charge in [-0.2, -0.15) is 0 Å². The molecule has 1 aliphatic heterocycles. The monoisotopic (exact) mass is 502 g/mol. The summed E-state index contributed by atoms with van der Waals surface area (Å²) in [6.07, 6.45) is 1.76. The fraction of sp³-hybridized carbons (Fsp3) is 0.474. The number of guanidine groups is 1. The summed E-state index contributed by atoms with van der Waals surface area (Å²) in [5.74, 6) is 2.77. The molecule has 0 fully saturated rings. The number of aliphatic imine (C=N–C) groups is 1. The number of nitrogens with one attached hydrogen (secondary N) is 2. The summed E-state index contributed by atoms with van der Waals surface area (Å²) in [5.41, 5.74) is 2.04. The molecule has 3 rings (SSSR count). The van der Waals surface area contributed by atoms with E-state index >= 15 is 0 Å². The number of rotatable bonds is 5. The number of hydrogen-bond acceptors (Lipinski definition) is 5. The van der Waals surface area contributed by atoms with Crippen LogP contribution in [0.4, 0.5) is 5.69 Å². The van der Waals surface area contributed by atoms with E-state index in [0.29, 0.717) is 19.1 Å². The van der Waals surface area contributed by atoms with Gasteiger partial charge in [0, 0.05) is 49.5 Å². The van der Waals surface area contributed by atoms with Crippen LogP contribution in [0.3, 0.4) is 0 Å². The Hall–Kier alpha value is -1.55. The highest BCUT2D eigenvalue weighted by atomic mass is 127. The van der Waals surface area contributed by atoms with Crippen molar-refractivity contribution >= 4 is 47.0 Å². The molecule has 0 amide bonds. The van der Waals surface area contributed by atoms with Crippen LogP contribution in [-0.2, 0) is 6.42 Å². The lowest BCUT2D eigenvalue weighted by atomic mass is 10.2. The molecule has 1 aliphatic rings. The molecular formula is C19H27IN4O2S. The third kappa shape index (κ3) is 6.24. The van der Waals surface area contributed by atoms with Crippen LogP contribution in [0.25, 0.3) is 0 Å². The van der Waals surface area contributed by atoms with Crippen LogP contribution in [0.15, 0.2) is 28.6 Å². The Morgan fingerprint density at radius 2 is 2.04 bits per heavy atom. The Kier molecular flexibility index (Phi) is 8.62. The number of aromatic nitrogens is 1. The highest BCUT2D eigenvalue weighted by molar-refractivity contribution is 14.0. The van der Waals surface area contributed by atoms with E-state index in [2.05, 4.69) is 39.8 Å². The molecule has 0 spiro atoms. The largest absolute Gasteiger partial charge is 0.490 e. The van der Waals surface area contributed by atoms with Gasteiger partial charge in [-0.3, -0.25) is 4.99 Å². The van der Waals surface area contributed by atoms with Crippen LogP contribution in [0.2, 0.25) is 0 Å². The fourth-order valence-corrected chi connectivity index (χ4v) is 3.44. The molecule has 27 heavy (non-hydrogen) atoms. The SMILES string of the molecule is CN=C(NCCc1csc(C(C)C)n1)Nc1ccc2c(c1)OCCCO2.I. The number of hydrogen-bond donors (Lipinski definition) is 2. The zero-order valence-electron chi connectivity index (χ0n) is 15.9. The minimum Gasteiger partial charge on any atom is -0.490 e. The summed E-state index contributed by atoms with van der Waals surface area (Å²) in [7, 11) is 1.76. The Labute approximate surface area is 181 Å². The molecule has 2 heterocycles. The van der Waals surface area contributed by atoms with Crippen molar-refractivity contribution in [2.24, 2.45) is 4.99 Å². The average molecular weight is 502 g/mol. The van der Waals surface area contributed by atoms with E-state index in [9.17, 15) is 0 Å². The summed E-state index contributed by atoms with van der Waals surface area (Å²) < 4.78 is 11.4. The predicted octanol–water partition coefficient (Wildman–Crippen LogP) is 4.28.